The summed E-state index contributed by atoms with van der Waals surface area (Å²) in [5.41, 5.74) is 6.58. The van der Waals surface area contributed by atoms with Gasteiger partial charge in [-0.25, -0.2) is 4.98 Å². The third kappa shape index (κ3) is 4.49. The Balaban J connectivity index is 2.43. The van der Waals surface area contributed by atoms with Crippen LogP contribution in [0.15, 0.2) is 18.3 Å². The standard InChI is InChI=1S/C12H21N3O/c1-12(2,3)7-9(16)8-15-10-5-4-6-14-11(10)13/h4-6,9,15-16H,7-8H2,1-3H3,(H2,13,14). The van der Waals surface area contributed by atoms with E-state index in [-0.39, 0.29) is 11.5 Å². The van der Waals surface area contributed by atoms with Gasteiger partial charge < -0.3 is 16.2 Å². The number of hydrogen-bond acceptors (Lipinski definition) is 4. The predicted molar refractivity (Wildman–Crippen MR) is 67.2 cm³/mol. The summed E-state index contributed by atoms with van der Waals surface area (Å²) in [5, 5.41) is 12.9. The molecular weight excluding hydrogens is 202 g/mol. The van der Waals surface area contributed by atoms with E-state index in [0.717, 1.165) is 12.1 Å². The van der Waals surface area contributed by atoms with Crippen molar-refractivity contribution >= 4 is 11.5 Å². The quantitative estimate of drug-likeness (QED) is 0.728. The first-order valence-corrected chi connectivity index (χ1v) is 5.51. The van der Waals surface area contributed by atoms with Crippen molar-refractivity contribution < 1.29 is 5.11 Å². The summed E-state index contributed by atoms with van der Waals surface area (Å²) >= 11 is 0. The third-order valence-corrected chi connectivity index (χ3v) is 2.21. The fraction of sp³-hybridized carbons (Fsp3) is 0.583. The van der Waals surface area contributed by atoms with E-state index in [0.29, 0.717) is 12.4 Å². The van der Waals surface area contributed by atoms with Gasteiger partial charge in [-0.1, -0.05) is 20.8 Å². The molecule has 4 N–H and O–H groups in total. The molecule has 1 atom stereocenters. The van der Waals surface area contributed by atoms with E-state index in [9.17, 15) is 5.11 Å². The highest BCUT2D eigenvalue weighted by Crippen LogP contribution is 2.21. The first-order valence-electron chi connectivity index (χ1n) is 5.51. The molecule has 1 rings (SSSR count). The van der Waals surface area contributed by atoms with Gasteiger partial charge in [-0.15, -0.1) is 0 Å². The SMILES string of the molecule is CC(C)(C)CC(O)CNc1cccnc1N. The number of nitrogens with zero attached hydrogens (tertiary/aromatic N) is 1. The van der Waals surface area contributed by atoms with E-state index in [2.05, 4.69) is 31.1 Å². The average molecular weight is 223 g/mol. The van der Waals surface area contributed by atoms with Crippen molar-refractivity contribution in [2.24, 2.45) is 5.41 Å². The minimum absolute atomic E-state index is 0.127. The number of anilines is 2. The van der Waals surface area contributed by atoms with Gasteiger partial charge in [-0.3, -0.25) is 0 Å². The van der Waals surface area contributed by atoms with Crippen LogP contribution in [0.3, 0.4) is 0 Å². The van der Waals surface area contributed by atoms with Crippen LogP contribution in [0.4, 0.5) is 11.5 Å². The van der Waals surface area contributed by atoms with Crippen LogP contribution in [-0.2, 0) is 0 Å². The Hall–Kier alpha value is -1.29. The van der Waals surface area contributed by atoms with Crippen LogP contribution in [0.25, 0.3) is 0 Å². The van der Waals surface area contributed by atoms with E-state index in [4.69, 9.17) is 5.73 Å². The molecule has 0 radical (unpaired) electrons. The van der Waals surface area contributed by atoms with E-state index >= 15 is 0 Å². The van der Waals surface area contributed by atoms with Gasteiger partial charge in [0.1, 0.15) is 5.82 Å². The molecule has 1 heterocycles. The highest BCUT2D eigenvalue weighted by atomic mass is 16.3. The van der Waals surface area contributed by atoms with Crippen LogP contribution in [-0.4, -0.2) is 22.7 Å². The smallest absolute Gasteiger partial charge is 0.146 e. The van der Waals surface area contributed by atoms with Crippen molar-refractivity contribution in [1.29, 1.82) is 0 Å². The lowest BCUT2D eigenvalue weighted by atomic mass is 9.89. The Labute approximate surface area is 96.9 Å². The summed E-state index contributed by atoms with van der Waals surface area (Å²) in [6.07, 6.45) is 2.02. The van der Waals surface area contributed by atoms with E-state index in [1.54, 1.807) is 6.20 Å². The zero-order valence-electron chi connectivity index (χ0n) is 10.2. The lowest BCUT2D eigenvalue weighted by molar-refractivity contribution is 0.132. The molecule has 0 amide bonds. The van der Waals surface area contributed by atoms with Gasteiger partial charge in [0.15, 0.2) is 0 Å². The van der Waals surface area contributed by atoms with Gasteiger partial charge in [-0.05, 0) is 24.0 Å². The van der Waals surface area contributed by atoms with E-state index < -0.39 is 0 Å². The van der Waals surface area contributed by atoms with Crippen molar-refractivity contribution in [1.82, 2.24) is 4.98 Å². The van der Waals surface area contributed by atoms with Crippen LogP contribution in [0.5, 0.6) is 0 Å². The largest absolute Gasteiger partial charge is 0.391 e. The first-order chi connectivity index (χ1) is 7.38. The number of rotatable bonds is 4. The number of aromatic nitrogens is 1. The van der Waals surface area contributed by atoms with Gasteiger partial charge in [0.2, 0.25) is 0 Å². The maximum absolute atomic E-state index is 9.81. The summed E-state index contributed by atoms with van der Waals surface area (Å²) in [5.74, 6) is 0.463. The Morgan fingerprint density at radius 2 is 2.19 bits per heavy atom. The van der Waals surface area contributed by atoms with Crippen LogP contribution in [0, 0.1) is 5.41 Å². The van der Waals surface area contributed by atoms with Crippen molar-refractivity contribution in [3.8, 4) is 0 Å². The molecule has 0 saturated carbocycles. The minimum atomic E-state index is -0.375. The minimum Gasteiger partial charge on any atom is -0.391 e. The molecule has 0 aliphatic heterocycles. The number of nitrogens with two attached hydrogens (primary N) is 1. The fourth-order valence-corrected chi connectivity index (χ4v) is 1.57. The number of nitrogen functional groups attached to an aromatic ring is 1. The number of nitrogens with one attached hydrogen (secondary N) is 1. The van der Waals surface area contributed by atoms with Gasteiger partial charge in [0.05, 0.1) is 11.8 Å². The van der Waals surface area contributed by atoms with E-state index in [1.807, 2.05) is 12.1 Å². The van der Waals surface area contributed by atoms with Crippen molar-refractivity contribution in [2.75, 3.05) is 17.6 Å². The van der Waals surface area contributed by atoms with Gasteiger partial charge in [0, 0.05) is 12.7 Å². The molecule has 16 heavy (non-hydrogen) atoms. The van der Waals surface area contributed by atoms with Crippen LogP contribution in [0.1, 0.15) is 27.2 Å². The number of aliphatic hydroxyl groups is 1. The summed E-state index contributed by atoms with van der Waals surface area (Å²) in [6, 6.07) is 3.67. The summed E-state index contributed by atoms with van der Waals surface area (Å²) in [4.78, 5) is 3.97. The third-order valence-electron chi connectivity index (χ3n) is 2.21. The Bertz CT molecular complexity index is 333. The molecule has 4 nitrogen and oxygen atoms in total. The Kier molecular flexibility index (Phi) is 4.12. The summed E-state index contributed by atoms with van der Waals surface area (Å²) in [7, 11) is 0. The molecule has 0 fully saturated rings. The molecule has 90 valence electrons. The van der Waals surface area contributed by atoms with Crippen molar-refractivity contribution in [3.63, 3.8) is 0 Å². The zero-order chi connectivity index (χ0) is 12.2. The maximum atomic E-state index is 9.81. The topological polar surface area (TPSA) is 71.2 Å². The highest BCUT2D eigenvalue weighted by molar-refractivity contribution is 5.60. The van der Waals surface area contributed by atoms with Crippen molar-refractivity contribution in [3.05, 3.63) is 18.3 Å². The molecule has 1 aromatic rings. The molecule has 0 spiro atoms. The number of aliphatic hydroxyl groups excluding tert-OH is 1. The maximum Gasteiger partial charge on any atom is 0.146 e. The van der Waals surface area contributed by atoms with Crippen LogP contribution < -0.4 is 11.1 Å². The summed E-state index contributed by atoms with van der Waals surface area (Å²) < 4.78 is 0. The average Bonchev–Trinajstić information content (AvgIpc) is 2.14. The second-order valence-corrected chi connectivity index (χ2v) is 5.24. The molecule has 0 aromatic carbocycles. The molecular formula is C12H21N3O. The van der Waals surface area contributed by atoms with Gasteiger partial charge >= 0.3 is 0 Å². The number of pyridine rings is 1. The molecule has 0 aliphatic carbocycles. The Morgan fingerprint density at radius 3 is 2.75 bits per heavy atom. The van der Waals surface area contributed by atoms with Gasteiger partial charge in [-0.2, -0.15) is 0 Å². The molecule has 0 aliphatic rings. The predicted octanol–water partition coefficient (Wildman–Crippen LogP) is 1.87. The van der Waals surface area contributed by atoms with E-state index in [1.165, 1.54) is 0 Å². The molecule has 0 saturated heterocycles. The fourth-order valence-electron chi connectivity index (χ4n) is 1.57. The second kappa shape index (κ2) is 5.16. The van der Waals surface area contributed by atoms with Gasteiger partial charge in [0.25, 0.3) is 0 Å². The normalized spacial score (nSPS) is 13.5. The molecule has 1 unspecified atom stereocenters. The molecule has 4 heteroatoms. The second-order valence-electron chi connectivity index (χ2n) is 5.24. The number of hydrogen-bond donors (Lipinski definition) is 3. The molecule has 0 bridgehead atoms. The highest BCUT2D eigenvalue weighted by Gasteiger charge is 2.16. The lowest BCUT2D eigenvalue weighted by Crippen LogP contribution is -2.25. The van der Waals surface area contributed by atoms with Crippen LogP contribution in [0.2, 0.25) is 0 Å². The summed E-state index contributed by atoms with van der Waals surface area (Å²) in [6.45, 7) is 6.81. The molecule has 1 aromatic heterocycles. The monoisotopic (exact) mass is 223 g/mol. The van der Waals surface area contributed by atoms with Crippen LogP contribution >= 0.6 is 0 Å². The lowest BCUT2D eigenvalue weighted by Gasteiger charge is -2.22. The Morgan fingerprint density at radius 1 is 1.50 bits per heavy atom. The first kappa shape index (κ1) is 12.8. The zero-order valence-corrected chi connectivity index (χ0v) is 10.2. The van der Waals surface area contributed by atoms with Crippen molar-refractivity contribution in [2.45, 2.75) is 33.3 Å².